The molecule has 2 heterocycles. The third-order valence-corrected chi connectivity index (χ3v) is 3.97. The summed E-state index contributed by atoms with van der Waals surface area (Å²) in [6, 6.07) is 7.77. The van der Waals surface area contributed by atoms with Gasteiger partial charge in [0.2, 0.25) is 0 Å². The molecule has 114 valence electrons. The molecule has 0 saturated carbocycles. The molecule has 1 aromatic carbocycles. The lowest BCUT2D eigenvalue weighted by Gasteiger charge is -2.32. The summed E-state index contributed by atoms with van der Waals surface area (Å²) in [5.74, 6) is 0.589. The number of likely N-dealkylation sites (tertiary alicyclic amines) is 1. The molecule has 1 atom stereocenters. The number of carbonyl (C=O) groups excluding carboxylic acids is 1. The largest absolute Gasteiger partial charge is 0.337 e. The van der Waals surface area contributed by atoms with Crippen LogP contribution in [0.4, 0.5) is 0 Å². The summed E-state index contributed by atoms with van der Waals surface area (Å²) in [5, 5.41) is 11.3. The molecule has 3 rings (SSSR count). The van der Waals surface area contributed by atoms with Crippen molar-refractivity contribution in [3.05, 3.63) is 30.0 Å². The van der Waals surface area contributed by atoms with E-state index in [0.717, 1.165) is 37.0 Å². The Morgan fingerprint density at radius 1 is 1.48 bits per heavy atom. The van der Waals surface area contributed by atoms with E-state index in [-0.39, 0.29) is 18.3 Å². The molecule has 0 spiro atoms. The van der Waals surface area contributed by atoms with Crippen LogP contribution in [-0.4, -0.2) is 47.7 Å². The highest BCUT2D eigenvalue weighted by Crippen LogP contribution is 2.21. The Kier molecular flexibility index (Phi) is 5.20. The fourth-order valence-electron chi connectivity index (χ4n) is 2.98. The normalized spacial score (nSPS) is 18.5. The van der Waals surface area contributed by atoms with Gasteiger partial charge in [-0.1, -0.05) is 18.2 Å². The minimum absolute atomic E-state index is 0. The van der Waals surface area contributed by atoms with Gasteiger partial charge in [-0.25, -0.2) is 0 Å². The van der Waals surface area contributed by atoms with E-state index in [2.05, 4.69) is 15.5 Å². The molecule has 5 nitrogen and oxygen atoms in total. The quantitative estimate of drug-likeness (QED) is 0.912. The molecule has 6 heteroatoms. The number of hydrogen-bond donors (Lipinski definition) is 2. The van der Waals surface area contributed by atoms with Crippen molar-refractivity contribution in [2.75, 3.05) is 26.7 Å². The second-order valence-electron chi connectivity index (χ2n) is 5.43. The van der Waals surface area contributed by atoms with Crippen molar-refractivity contribution in [1.29, 1.82) is 0 Å². The van der Waals surface area contributed by atoms with Gasteiger partial charge in [0.15, 0.2) is 5.69 Å². The molecule has 1 aliphatic rings. The van der Waals surface area contributed by atoms with E-state index in [9.17, 15) is 4.79 Å². The van der Waals surface area contributed by atoms with E-state index >= 15 is 0 Å². The fraction of sp³-hybridized carbons (Fsp3) is 0.467. The second kappa shape index (κ2) is 6.91. The number of benzene rings is 1. The molecule has 0 radical (unpaired) electrons. The number of H-pyrrole nitrogens is 1. The zero-order valence-corrected chi connectivity index (χ0v) is 12.9. The van der Waals surface area contributed by atoms with Crippen molar-refractivity contribution in [2.45, 2.75) is 12.8 Å². The number of fused-ring (bicyclic) bond motifs is 1. The van der Waals surface area contributed by atoms with Gasteiger partial charge in [-0.2, -0.15) is 5.10 Å². The number of hydrogen-bond acceptors (Lipinski definition) is 3. The smallest absolute Gasteiger partial charge is 0.275 e. The highest BCUT2D eigenvalue weighted by molar-refractivity contribution is 6.04. The average molecular weight is 309 g/mol. The van der Waals surface area contributed by atoms with Gasteiger partial charge in [-0.3, -0.25) is 9.89 Å². The second-order valence-corrected chi connectivity index (χ2v) is 5.43. The maximum absolute atomic E-state index is 12.6. The Hall–Kier alpha value is -1.59. The van der Waals surface area contributed by atoms with Crippen LogP contribution in [0.25, 0.3) is 10.9 Å². The Labute approximate surface area is 130 Å². The van der Waals surface area contributed by atoms with Crippen molar-refractivity contribution in [1.82, 2.24) is 20.4 Å². The van der Waals surface area contributed by atoms with Crippen LogP contribution in [0.1, 0.15) is 23.3 Å². The minimum atomic E-state index is 0. The van der Waals surface area contributed by atoms with E-state index in [1.807, 2.05) is 36.2 Å². The number of para-hydroxylation sites is 1. The van der Waals surface area contributed by atoms with E-state index < -0.39 is 0 Å². The Balaban J connectivity index is 0.00000161. The summed E-state index contributed by atoms with van der Waals surface area (Å²) in [7, 11) is 1.96. The fourth-order valence-corrected chi connectivity index (χ4v) is 2.98. The molecule has 1 unspecified atom stereocenters. The molecular weight excluding hydrogens is 288 g/mol. The molecule has 1 aliphatic heterocycles. The molecule has 21 heavy (non-hydrogen) atoms. The average Bonchev–Trinajstić information content (AvgIpc) is 2.91. The number of nitrogens with one attached hydrogen (secondary N) is 2. The van der Waals surface area contributed by atoms with Crippen molar-refractivity contribution < 1.29 is 4.79 Å². The summed E-state index contributed by atoms with van der Waals surface area (Å²) >= 11 is 0. The molecule has 1 fully saturated rings. The first kappa shape index (κ1) is 15.8. The van der Waals surface area contributed by atoms with Crippen LogP contribution in [0.3, 0.4) is 0 Å². The van der Waals surface area contributed by atoms with Gasteiger partial charge in [0.1, 0.15) is 0 Å². The standard InChI is InChI=1S/C15H20N4O.ClH/c1-16-9-11-5-4-8-19(10-11)15(20)14-12-6-2-3-7-13(12)17-18-14;/h2-3,6-7,11,16H,4-5,8-10H2,1H3,(H,17,18);1H. The van der Waals surface area contributed by atoms with Crippen LogP contribution >= 0.6 is 12.4 Å². The number of amides is 1. The van der Waals surface area contributed by atoms with E-state index in [1.54, 1.807) is 0 Å². The van der Waals surface area contributed by atoms with Gasteiger partial charge in [0.25, 0.3) is 5.91 Å². The van der Waals surface area contributed by atoms with Crippen molar-refractivity contribution >= 4 is 29.2 Å². The van der Waals surface area contributed by atoms with E-state index in [4.69, 9.17) is 0 Å². The summed E-state index contributed by atoms with van der Waals surface area (Å²) in [4.78, 5) is 14.6. The van der Waals surface area contributed by atoms with Crippen LogP contribution in [0.5, 0.6) is 0 Å². The minimum Gasteiger partial charge on any atom is -0.337 e. The highest BCUT2D eigenvalue weighted by Gasteiger charge is 2.26. The molecule has 2 N–H and O–H groups in total. The summed E-state index contributed by atoms with van der Waals surface area (Å²) in [6.45, 7) is 2.62. The van der Waals surface area contributed by atoms with Crippen LogP contribution < -0.4 is 5.32 Å². The topological polar surface area (TPSA) is 61.0 Å². The maximum atomic E-state index is 12.6. The van der Waals surface area contributed by atoms with Crippen LogP contribution in [-0.2, 0) is 0 Å². The van der Waals surface area contributed by atoms with E-state index in [0.29, 0.717) is 11.6 Å². The summed E-state index contributed by atoms with van der Waals surface area (Å²) in [6.07, 6.45) is 2.26. The molecule has 1 aromatic heterocycles. The Morgan fingerprint density at radius 3 is 3.10 bits per heavy atom. The lowest BCUT2D eigenvalue weighted by atomic mass is 9.97. The zero-order chi connectivity index (χ0) is 13.9. The van der Waals surface area contributed by atoms with Crippen LogP contribution in [0.15, 0.2) is 24.3 Å². The highest BCUT2D eigenvalue weighted by atomic mass is 35.5. The summed E-state index contributed by atoms with van der Waals surface area (Å²) in [5.41, 5.74) is 1.46. The monoisotopic (exact) mass is 308 g/mol. The first-order valence-corrected chi connectivity index (χ1v) is 7.16. The van der Waals surface area contributed by atoms with Gasteiger partial charge >= 0.3 is 0 Å². The van der Waals surface area contributed by atoms with Gasteiger partial charge < -0.3 is 10.2 Å². The molecule has 0 bridgehead atoms. The van der Waals surface area contributed by atoms with Gasteiger partial charge in [-0.15, -0.1) is 12.4 Å². The molecule has 1 saturated heterocycles. The zero-order valence-electron chi connectivity index (χ0n) is 12.1. The van der Waals surface area contributed by atoms with Gasteiger partial charge in [-0.05, 0) is 38.4 Å². The number of nitrogens with zero attached hydrogens (tertiary/aromatic N) is 2. The first-order valence-electron chi connectivity index (χ1n) is 7.16. The molecule has 2 aromatic rings. The van der Waals surface area contributed by atoms with E-state index in [1.165, 1.54) is 6.42 Å². The number of piperidine rings is 1. The Bertz CT molecular complexity index is 610. The van der Waals surface area contributed by atoms with Crippen LogP contribution in [0, 0.1) is 5.92 Å². The number of aromatic nitrogens is 2. The SMILES string of the molecule is CNCC1CCCN(C(=O)c2n[nH]c3ccccc23)C1.Cl. The number of rotatable bonds is 3. The molecule has 0 aliphatic carbocycles. The van der Waals surface area contributed by atoms with Gasteiger partial charge in [0.05, 0.1) is 5.52 Å². The van der Waals surface area contributed by atoms with Crippen molar-refractivity contribution in [3.8, 4) is 0 Å². The third kappa shape index (κ3) is 3.19. The summed E-state index contributed by atoms with van der Waals surface area (Å²) < 4.78 is 0. The van der Waals surface area contributed by atoms with Crippen LogP contribution in [0.2, 0.25) is 0 Å². The van der Waals surface area contributed by atoms with Gasteiger partial charge in [0, 0.05) is 18.5 Å². The third-order valence-electron chi connectivity index (χ3n) is 3.97. The predicted octanol–water partition coefficient (Wildman–Crippen LogP) is 2.06. The predicted molar refractivity (Wildman–Crippen MR) is 85.9 cm³/mol. The van der Waals surface area contributed by atoms with Crippen molar-refractivity contribution in [2.24, 2.45) is 5.92 Å². The Morgan fingerprint density at radius 2 is 2.29 bits per heavy atom. The maximum Gasteiger partial charge on any atom is 0.275 e. The number of aromatic amines is 1. The van der Waals surface area contributed by atoms with Crippen molar-refractivity contribution in [3.63, 3.8) is 0 Å². The molecule has 1 amide bonds. The lowest BCUT2D eigenvalue weighted by Crippen LogP contribution is -2.42. The number of halogens is 1. The number of carbonyl (C=O) groups is 1. The lowest BCUT2D eigenvalue weighted by molar-refractivity contribution is 0.0670. The molecular formula is C15H21ClN4O. The first-order chi connectivity index (χ1) is 9.79.